The van der Waals surface area contributed by atoms with Gasteiger partial charge in [0.2, 0.25) is 0 Å². The molecule has 448 valence electrons. The maximum Gasteiger partial charge on any atom is 0.309 e. The second-order valence-corrected chi connectivity index (χ2v) is 26.3. The lowest BCUT2D eigenvalue weighted by Crippen LogP contribution is -2.66. The van der Waals surface area contributed by atoms with Crippen molar-refractivity contribution in [2.24, 2.45) is 41.4 Å². The second kappa shape index (κ2) is 31.8. The highest BCUT2D eigenvalue weighted by Crippen LogP contribution is 2.55. The van der Waals surface area contributed by atoms with Crippen molar-refractivity contribution in [1.29, 1.82) is 0 Å². The lowest BCUT2D eigenvalue weighted by molar-refractivity contribution is -0.404. The Morgan fingerprint density at radius 2 is 1.21 bits per heavy atom. The summed E-state index contributed by atoms with van der Waals surface area (Å²) in [6.07, 6.45) is 34.4. The quantitative estimate of drug-likeness (QED) is 0.0412. The molecule has 0 radical (unpaired) electrons. The number of hydrogen-bond donors (Lipinski definition) is 3. The van der Waals surface area contributed by atoms with Crippen molar-refractivity contribution in [1.82, 2.24) is 4.90 Å². The first kappa shape index (κ1) is 66.4. The van der Waals surface area contributed by atoms with Gasteiger partial charge in [0.05, 0.1) is 59.8 Å². The van der Waals surface area contributed by atoms with E-state index in [0.717, 1.165) is 45.2 Å². The number of rotatable bonds is 35. The molecule has 0 aromatic carbocycles. The Bertz CT molecular complexity index is 1720. The van der Waals surface area contributed by atoms with Crippen LogP contribution in [0.2, 0.25) is 0 Å². The van der Waals surface area contributed by atoms with Crippen molar-refractivity contribution in [3.63, 3.8) is 0 Å². The first-order valence-corrected chi connectivity index (χ1v) is 32.8. The highest BCUT2D eigenvalue weighted by molar-refractivity contribution is 5.84. The van der Waals surface area contributed by atoms with Gasteiger partial charge in [-0.15, -0.1) is 0 Å². The Morgan fingerprint density at radius 1 is 0.662 bits per heavy atom. The molecule has 18 atom stereocenters. The number of ketones is 1. The van der Waals surface area contributed by atoms with E-state index >= 15 is 4.79 Å². The number of aliphatic carboxylic acids is 1. The summed E-state index contributed by atoms with van der Waals surface area (Å²) >= 11 is 0. The zero-order valence-corrected chi connectivity index (χ0v) is 51.5. The minimum absolute atomic E-state index is 0.0165. The summed E-state index contributed by atoms with van der Waals surface area (Å²) in [5.74, 6) is -5.07. The van der Waals surface area contributed by atoms with Crippen molar-refractivity contribution in [3.05, 3.63) is 12.2 Å². The summed E-state index contributed by atoms with van der Waals surface area (Å²) in [6.45, 7) is 27.1. The molecular weight excluding hydrogens is 967 g/mol. The molecule has 0 aromatic rings. The second-order valence-electron chi connectivity index (χ2n) is 26.3. The van der Waals surface area contributed by atoms with E-state index in [1.165, 1.54) is 116 Å². The third kappa shape index (κ3) is 17.3. The molecule has 2 spiro atoms. The number of unbranched alkanes of at least 4 members (excludes halogenated alkanes) is 18. The number of Topliss-reactive ketones (excluding diaryl/α,β-unsaturated/α-hetero) is 1. The molecule has 0 unspecified atom stereocenters. The molecule has 5 heterocycles. The van der Waals surface area contributed by atoms with E-state index in [1.807, 2.05) is 34.6 Å². The largest absolute Gasteiger partial charge is 0.481 e. The number of carboxylic acids is 1. The number of aliphatic hydroxyl groups excluding tert-OH is 1. The molecule has 0 bridgehead atoms. The van der Waals surface area contributed by atoms with Gasteiger partial charge >= 0.3 is 5.97 Å². The van der Waals surface area contributed by atoms with Crippen LogP contribution in [-0.4, -0.2) is 111 Å². The average molecular weight is 1090 g/mol. The Morgan fingerprint density at radius 3 is 1.71 bits per heavy atom. The number of carbonyl (C=O) groups excluding carboxylic acids is 1. The predicted octanol–water partition coefficient (Wildman–Crippen LogP) is 15.3. The monoisotopic (exact) mass is 1090 g/mol. The number of ether oxygens (including phenoxy) is 5. The zero-order chi connectivity index (χ0) is 56.4. The molecule has 4 fully saturated rings. The van der Waals surface area contributed by atoms with E-state index in [-0.39, 0.29) is 53.8 Å². The van der Waals surface area contributed by atoms with Crippen molar-refractivity contribution in [3.8, 4) is 0 Å². The topological polar surface area (TPSA) is 144 Å². The predicted molar refractivity (Wildman–Crippen MR) is 312 cm³/mol. The summed E-state index contributed by atoms with van der Waals surface area (Å²) < 4.78 is 36.3. The molecule has 3 N–H and O–H groups in total. The van der Waals surface area contributed by atoms with Crippen LogP contribution in [0.25, 0.3) is 0 Å². The number of hydrogen-bond acceptors (Lipinski definition) is 10. The third-order valence-corrected chi connectivity index (χ3v) is 20.4. The minimum Gasteiger partial charge on any atom is -0.481 e. The fourth-order valence-electron chi connectivity index (χ4n) is 14.9. The summed E-state index contributed by atoms with van der Waals surface area (Å²) in [6, 6.07) is -0.151. The maximum absolute atomic E-state index is 15.0. The van der Waals surface area contributed by atoms with Gasteiger partial charge in [-0.1, -0.05) is 191 Å². The zero-order valence-electron chi connectivity index (χ0n) is 51.5. The first-order chi connectivity index (χ1) is 36.8. The standard InChI is InChI=1S/C66H119NO10/c1-13-18-20-22-24-26-28-30-32-34-44-67(45-35-33-31-29-27-25-23-21-19-14-2)56-38-41-65(77-66(56)43-42-63(12,76-66)57-39-40-64(72,17-5)52(11)73-57)49(8)46-48(7)61(75-65)54(16-4)59(69)50(9)58(68)51(10)60-47(6)36-37-55(74-60)53(15-3)62(70)71/h38,41,47-58,60-61,68,72H,13-37,39-40,42-46H2,1-12H3,(H,70,71)/t47-,48-,49+,50-,51-,52-,53+,54-,55+,56-,57+,58+,60+,61-,63-,64+,65-,66-/m0/s1. The van der Waals surface area contributed by atoms with Gasteiger partial charge in [-0.05, 0) is 115 Å². The van der Waals surface area contributed by atoms with Crippen LogP contribution in [0.5, 0.6) is 0 Å². The highest BCUT2D eigenvalue weighted by Gasteiger charge is 2.64. The molecule has 0 amide bonds. The van der Waals surface area contributed by atoms with E-state index in [2.05, 4.69) is 65.5 Å². The molecule has 5 aliphatic heterocycles. The molecule has 4 saturated heterocycles. The molecule has 0 aromatic heterocycles. The normalized spacial score (nSPS) is 35.6. The van der Waals surface area contributed by atoms with E-state index in [1.54, 1.807) is 0 Å². The average Bonchev–Trinajstić information content (AvgIpc) is 3.80. The molecule has 11 heteroatoms. The van der Waals surface area contributed by atoms with Crippen molar-refractivity contribution < 1.29 is 48.6 Å². The fourth-order valence-corrected chi connectivity index (χ4v) is 14.9. The van der Waals surface area contributed by atoms with Crippen LogP contribution in [0.15, 0.2) is 12.2 Å². The summed E-state index contributed by atoms with van der Waals surface area (Å²) in [7, 11) is 0. The molecule has 5 rings (SSSR count). The SMILES string of the molecule is CCCCCCCCCCCCN(CCCCCCCCCCCC)[C@H]1C=C[C@]2(O[C@H]([C@@H](CC)C(=O)[C@@H](C)[C@@H](O)[C@H](C)[C@@H]3O[C@@H]([C@@H](CC)C(=O)O)CC[C@@H]3C)[C@@H](C)C[C@H]2C)O[C@@]12CC[C@@](C)([C@H]1CC[C@](O)(CC)[C@H](C)O1)O2. The minimum atomic E-state index is -1.15. The smallest absolute Gasteiger partial charge is 0.309 e. The molecule has 11 nitrogen and oxygen atoms in total. The van der Waals surface area contributed by atoms with Crippen LogP contribution in [0.4, 0.5) is 0 Å². The Kier molecular flexibility index (Phi) is 27.4. The van der Waals surface area contributed by atoms with Crippen molar-refractivity contribution in [2.75, 3.05) is 13.1 Å². The van der Waals surface area contributed by atoms with Gasteiger partial charge in [-0.2, -0.15) is 0 Å². The molecule has 0 saturated carbocycles. The van der Waals surface area contributed by atoms with E-state index in [4.69, 9.17) is 23.7 Å². The number of aliphatic hydroxyl groups is 2. The van der Waals surface area contributed by atoms with Crippen LogP contribution >= 0.6 is 0 Å². The molecule has 77 heavy (non-hydrogen) atoms. The van der Waals surface area contributed by atoms with Gasteiger partial charge in [0, 0.05) is 30.1 Å². The lowest BCUT2D eigenvalue weighted by atomic mass is 9.72. The molecular formula is C66H119NO10. The molecule has 0 aliphatic carbocycles. The molecule has 5 aliphatic rings. The van der Waals surface area contributed by atoms with Crippen LogP contribution in [0.3, 0.4) is 0 Å². The van der Waals surface area contributed by atoms with Crippen LogP contribution in [0.1, 0.15) is 276 Å². The van der Waals surface area contributed by atoms with Gasteiger partial charge in [-0.25, -0.2) is 0 Å². The van der Waals surface area contributed by atoms with Crippen LogP contribution in [-0.2, 0) is 33.3 Å². The Hall–Kier alpha value is -1.44. The van der Waals surface area contributed by atoms with Crippen LogP contribution < -0.4 is 0 Å². The third-order valence-electron chi connectivity index (χ3n) is 20.4. The first-order valence-electron chi connectivity index (χ1n) is 32.8. The highest BCUT2D eigenvalue weighted by atomic mass is 16.8. The number of nitrogens with zero attached hydrogens (tertiary/aromatic N) is 1. The van der Waals surface area contributed by atoms with E-state index in [9.17, 15) is 20.1 Å². The van der Waals surface area contributed by atoms with Gasteiger partial charge < -0.3 is 39.0 Å². The van der Waals surface area contributed by atoms with Gasteiger partial charge in [0.1, 0.15) is 5.78 Å². The Labute approximate surface area is 471 Å². The number of carboxylic acid groups (broad SMARTS) is 1. The number of carbonyl (C=O) groups is 2. The van der Waals surface area contributed by atoms with Crippen LogP contribution in [0, 0.1) is 41.4 Å². The maximum atomic E-state index is 15.0. The summed E-state index contributed by atoms with van der Waals surface area (Å²) in [4.78, 5) is 29.9. The van der Waals surface area contributed by atoms with Gasteiger partial charge in [-0.3, -0.25) is 14.5 Å². The van der Waals surface area contributed by atoms with Gasteiger partial charge in [0.25, 0.3) is 0 Å². The van der Waals surface area contributed by atoms with E-state index < -0.39 is 64.8 Å². The van der Waals surface area contributed by atoms with Crippen molar-refractivity contribution in [2.45, 2.75) is 341 Å². The fraction of sp³-hybridized carbons (Fsp3) is 0.939. The Balaban J connectivity index is 1.41. The van der Waals surface area contributed by atoms with E-state index in [0.29, 0.717) is 44.9 Å². The summed E-state index contributed by atoms with van der Waals surface area (Å²) in [5, 5.41) is 33.6. The lowest BCUT2D eigenvalue weighted by Gasteiger charge is -2.56. The summed E-state index contributed by atoms with van der Waals surface area (Å²) in [5.41, 5.74) is -1.52. The van der Waals surface area contributed by atoms with Crippen molar-refractivity contribution >= 4 is 11.8 Å². The van der Waals surface area contributed by atoms with Gasteiger partial charge in [0.15, 0.2) is 11.6 Å².